The number of anilines is 1. The lowest BCUT2D eigenvalue weighted by atomic mass is 9.76. The van der Waals surface area contributed by atoms with Crippen LogP contribution in [0.2, 0.25) is 0 Å². The smallest absolute Gasteiger partial charge is 0.234 e. The first-order valence-electron chi connectivity index (χ1n) is 10.4. The fourth-order valence-electron chi connectivity index (χ4n) is 4.96. The maximum Gasteiger partial charge on any atom is 0.234 e. The average molecular weight is 420 g/mol. The van der Waals surface area contributed by atoms with E-state index < -0.39 is 17.4 Å². The van der Waals surface area contributed by atoms with Crippen LogP contribution in [0.25, 0.3) is 0 Å². The van der Waals surface area contributed by atoms with Crippen molar-refractivity contribution in [2.75, 3.05) is 25.1 Å². The van der Waals surface area contributed by atoms with Gasteiger partial charge in [-0.3, -0.25) is 9.59 Å². The van der Waals surface area contributed by atoms with Gasteiger partial charge in [-0.25, -0.2) is 9.97 Å². The third-order valence-electron chi connectivity index (χ3n) is 6.45. The summed E-state index contributed by atoms with van der Waals surface area (Å²) < 4.78 is 6.22. The van der Waals surface area contributed by atoms with E-state index in [1.165, 1.54) is 6.33 Å². The minimum atomic E-state index is -0.762. The summed E-state index contributed by atoms with van der Waals surface area (Å²) in [5.41, 5.74) is 1.76. The molecule has 4 heterocycles. The number of ether oxygens (including phenoxy) is 1. The van der Waals surface area contributed by atoms with Gasteiger partial charge in [-0.2, -0.15) is 0 Å². The molecule has 2 aromatic rings. The molecule has 2 bridgehead atoms. The number of nitrogens with zero attached hydrogens (tertiary/aromatic N) is 4. The second kappa shape index (κ2) is 7.55. The van der Waals surface area contributed by atoms with Crippen LogP contribution < -0.4 is 4.90 Å². The van der Waals surface area contributed by atoms with Crippen molar-refractivity contribution >= 4 is 17.5 Å². The van der Waals surface area contributed by atoms with Gasteiger partial charge in [0.2, 0.25) is 11.8 Å². The minimum absolute atomic E-state index is 0.0829. The lowest BCUT2D eigenvalue weighted by molar-refractivity contribution is -0.139. The normalized spacial score (nSPS) is 28.3. The van der Waals surface area contributed by atoms with Gasteiger partial charge in [0, 0.05) is 25.5 Å². The third-order valence-corrected chi connectivity index (χ3v) is 6.45. The standard InChI is InChI=1S/C23H24N4O4/c1-26(12-16-7-10-24-14-25-16)21(29)19-18-6-9-23(31-18)13-27(22(30)20(19)23)17-4-2-15(3-5-17)8-11-28/h2-7,9-10,14,18-20,28H,8,11-13H2,1H3/t18-,19-,20-,23-/m0/s1. The van der Waals surface area contributed by atoms with Crippen LogP contribution in [0.5, 0.6) is 0 Å². The molecule has 3 aliphatic heterocycles. The van der Waals surface area contributed by atoms with Crippen molar-refractivity contribution in [1.82, 2.24) is 14.9 Å². The first-order chi connectivity index (χ1) is 15.0. The fourth-order valence-corrected chi connectivity index (χ4v) is 4.96. The van der Waals surface area contributed by atoms with E-state index in [9.17, 15) is 9.59 Å². The molecule has 2 saturated heterocycles. The van der Waals surface area contributed by atoms with Crippen molar-refractivity contribution in [3.8, 4) is 0 Å². The van der Waals surface area contributed by atoms with Gasteiger partial charge in [0.05, 0.1) is 36.7 Å². The van der Waals surface area contributed by atoms with E-state index >= 15 is 0 Å². The highest BCUT2D eigenvalue weighted by molar-refractivity contribution is 6.03. The molecule has 8 nitrogen and oxygen atoms in total. The summed E-state index contributed by atoms with van der Waals surface area (Å²) in [6.45, 7) is 0.819. The van der Waals surface area contributed by atoms with Gasteiger partial charge in [0.1, 0.15) is 11.9 Å². The van der Waals surface area contributed by atoms with Gasteiger partial charge < -0.3 is 19.6 Å². The monoisotopic (exact) mass is 420 g/mol. The van der Waals surface area contributed by atoms with E-state index in [-0.39, 0.29) is 24.5 Å². The Kier molecular flexibility index (Phi) is 4.83. The Balaban J connectivity index is 1.38. The van der Waals surface area contributed by atoms with E-state index in [1.807, 2.05) is 36.4 Å². The van der Waals surface area contributed by atoms with Crippen LogP contribution in [-0.4, -0.2) is 63.7 Å². The number of aliphatic hydroxyl groups is 1. The molecular formula is C23H24N4O4. The molecule has 31 heavy (non-hydrogen) atoms. The lowest BCUT2D eigenvalue weighted by Gasteiger charge is -2.27. The summed E-state index contributed by atoms with van der Waals surface area (Å²) in [5, 5.41) is 9.11. The van der Waals surface area contributed by atoms with Crippen LogP contribution in [0.3, 0.4) is 0 Å². The van der Waals surface area contributed by atoms with Gasteiger partial charge >= 0.3 is 0 Å². The topological polar surface area (TPSA) is 95.9 Å². The maximum atomic E-state index is 13.5. The molecule has 1 aromatic carbocycles. The summed E-state index contributed by atoms with van der Waals surface area (Å²) in [7, 11) is 1.73. The van der Waals surface area contributed by atoms with Gasteiger partial charge in [-0.1, -0.05) is 24.3 Å². The van der Waals surface area contributed by atoms with Crippen molar-refractivity contribution in [1.29, 1.82) is 0 Å². The van der Waals surface area contributed by atoms with E-state index in [2.05, 4.69) is 9.97 Å². The van der Waals surface area contributed by atoms with E-state index in [1.54, 1.807) is 29.1 Å². The quantitative estimate of drug-likeness (QED) is 0.700. The molecule has 1 aromatic heterocycles. The molecule has 5 rings (SSSR count). The van der Waals surface area contributed by atoms with Crippen LogP contribution in [0, 0.1) is 11.8 Å². The Bertz CT molecular complexity index is 1030. The lowest BCUT2D eigenvalue weighted by Crippen LogP contribution is -2.44. The van der Waals surface area contributed by atoms with Gasteiger partial charge in [-0.05, 0) is 30.2 Å². The second-order valence-electron chi connectivity index (χ2n) is 8.36. The molecular weight excluding hydrogens is 396 g/mol. The molecule has 0 unspecified atom stereocenters. The first-order valence-corrected chi connectivity index (χ1v) is 10.4. The highest BCUT2D eigenvalue weighted by atomic mass is 16.5. The van der Waals surface area contributed by atoms with E-state index in [0.717, 1.165) is 16.9 Å². The second-order valence-corrected chi connectivity index (χ2v) is 8.36. The third kappa shape index (κ3) is 3.23. The van der Waals surface area contributed by atoms with Gasteiger partial charge in [0.25, 0.3) is 0 Å². The number of aromatic nitrogens is 2. The first kappa shape index (κ1) is 19.8. The number of benzene rings is 1. The average Bonchev–Trinajstić information content (AvgIpc) is 3.43. The van der Waals surface area contributed by atoms with Crippen LogP contribution in [-0.2, 0) is 27.3 Å². The molecule has 0 radical (unpaired) electrons. The van der Waals surface area contributed by atoms with Gasteiger partial charge in [-0.15, -0.1) is 0 Å². The zero-order valence-electron chi connectivity index (χ0n) is 17.2. The molecule has 1 spiro atoms. The van der Waals surface area contributed by atoms with Crippen molar-refractivity contribution in [2.24, 2.45) is 11.8 Å². The van der Waals surface area contributed by atoms with E-state index in [4.69, 9.17) is 9.84 Å². The summed E-state index contributed by atoms with van der Waals surface area (Å²) in [5.74, 6) is -1.30. The molecule has 8 heteroatoms. The highest BCUT2D eigenvalue weighted by Crippen LogP contribution is 2.53. The van der Waals surface area contributed by atoms with Crippen molar-refractivity contribution in [3.63, 3.8) is 0 Å². The molecule has 2 fully saturated rings. The van der Waals surface area contributed by atoms with Crippen LogP contribution in [0.4, 0.5) is 5.69 Å². The molecule has 0 saturated carbocycles. The predicted molar refractivity (Wildman–Crippen MR) is 112 cm³/mol. The molecule has 2 amide bonds. The Morgan fingerprint density at radius 2 is 2.13 bits per heavy atom. The SMILES string of the molecule is CN(Cc1ccncn1)C(=O)[C@H]1[C@@H]2C=C[C@@]3(CN(c4ccc(CCO)cc4)C(=O)[C@H]13)O2. The number of fused-ring (bicyclic) bond motifs is 1. The number of hydrogen-bond donors (Lipinski definition) is 1. The van der Waals surface area contributed by atoms with Crippen molar-refractivity contribution < 1.29 is 19.4 Å². The number of rotatable bonds is 6. The molecule has 4 atom stereocenters. The van der Waals surface area contributed by atoms with Crippen molar-refractivity contribution in [3.05, 3.63) is 66.3 Å². The summed E-state index contributed by atoms with van der Waals surface area (Å²) >= 11 is 0. The highest BCUT2D eigenvalue weighted by Gasteiger charge is 2.67. The van der Waals surface area contributed by atoms with Crippen LogP contribution in [0.1, 0.15) is 11.3 Å². The van der Waals surface area contributed by atoms with Gasteiger partial charge in [0.15, 0.2) is 0 Å². The predicted octanol–water partition coefficient (Wildman–Crippen LogP) is 0.956. The van der Waals surface area contributed by atoms with E-state index in [0.29, 0.717) is 19.5 Å². The zero-order chi connectivity index (χ0) is 21.6. The van der Waals surface area contributed by atoms with Crippen LogP contribution >= 0.6 is 0 Å². The number of carbonyl (C=O) groups is 2. The molecule has 1 N–H and O–H groups in total. The Labute approximate surface area is 180 Å². The number of carbonyl (C=O) groups excluding carboxylic acids is 2. The van der Waals surface area contributed by atoms with Crippen LogP contribution in [0.15, 0.2) is 55.0 Å². The minimum Gasteiger partial charge on any atom is -0.396 e. The zero-order valence-corrected chi connectivity index (χ0v) is 17.2. The Morgan fingerprint density at radius 1 is 1.32 bits per heavy atom. The number of aliphatic hydroxyl groups excluding tert-OH is 1. The fraction of sp³-hybridized carbons (Fsp3) is 0.391. The van der Waals surface area contributed by atoms with Crippen molar-refractivity contribution in [2.45, 2.75) is 24.7 Å². The molecule has 0 aliphatic carbocycles. The molecule has 160 valence electrons. The summed E-state index contributed by atoms with van der Waals surface area (Å²) in [6, 6.07) is 9.36. The summed E-state index contributed by atoms with van der Waals surface area (Å²) in [6.07, 6.45) is 7.15. The largest absolute Gasteiger partial charge is 0.396 e. The summed E-state index contributed by atoms with van der Waals surface area (Å²) in [4.78, 5) is 38.2. The Morgan fingerprint density at radius 3 is 2.84 bits per heavy atom. The number of amides is 2. The maximum absolute atomic E-state index is 13.5. The number of hydrogen-bond acceptors (Lipinski definition) is 6. The molecule has 3 aliphatic rings. The Hall–Kier alpha value is -3.10.